The van der Waals surface area contributed by atoms with Crippen molar-refractivity contribution in [1.29, 1.82) is 0 Å². The third-order valence-electron chi connectivity index (χ3n) is 5.09. The smallest absolute Gasteiger partial charge is 0.162 e. The SMILES string of the molecule is Clc1ccc(-c2cn3nc(-c4ccc(Br)cc4)n4c3c2CCCC4)cc1. The largest absolute Gasteiger partial charge is 0.309 e. The van der Waals surface area contributed by atoms with Crippen LogP contribution in [0.15, 0.2) is 59.2 Å². The molecule has 0 spiro atoms. The fourth-order valence-corrected chi connectivity index (χ4v) is 4.25. The van der Waals surface area contributed by atoms with Gasteiger partial charge in [0.1, 0.15) is 5.65 Å². The van der Waals surface area contributed by atoms with Gasteiger partial charge < -0.3 is 4.57 Å². The number of aryl methyl sites for hydroxylation is 2. The number of benzene rings is 2. The van der Waals surface area contributed by atoms with Gasteiger partial charge in [0.25, 0.3) is 0 Å². The van der Waals surface area contributed by atoms with E-state index >= 15 is 0 Å². The molecule has 0 bridgehead atoms. The summed E-state index contributed by atoms with van der Waals surface area (Å²) in [7, 11) is 0. The molecule has 3 heterocycles. The molecule has 0 saturated heterocycles. The second-order valence-corrected chi connectivity index (χ2v) is 8.09. The molecule has 1 aliphatic heterocycles. The lowest BCUT2D eigenvalue weighted by atomic mass is 10.0. The van der Waals surface area contributed by atoms with Gasteiger partial charge in [-0.2, -0.15) is 0 Å². The van der Waals surface area contributed by atoms with Crippen LogP contribution in [0, 0.1) is 0 Å². The Morgan fingerprint density at radius 1 is 0.923 bits per heavy atom. The first kappa shape index (κ1) is 16.2. The molecular formula is C21H17BrClN3. The summed E-state index contributed by atoms with van der Waals surface area (Å²) < 4.78 is 5.52. The van der Waals surface area contributed by atoms with E-state index in [1.807, 2.05) is 12.1 Å². The third-order valence-corrected chi connectivity index (χ3v) is 5.87. The molecule has 0 atom stereocenters. The summed E-state index contributed by atoms with van der Waals surface area (Å²) in [5.74, 6) is 1.04. The Labute approximate surface area is 165 Å². The zero-order valence-corrected chi connectivity index (χ0v) is 16.5. The molecule has 0 aliphatic carbocycles. The maximum Gasteiger partial charge on any atom is 0.162 e. The Bertz CT molecular complexity index is 1010. The zero-order chi connectivity index (χ0) is 17.7. The first-order chi connectivity index (χ1) is 12.7. The number of hydrogen-bond acceptors (Lipinski definition) is 1. The molecule has 4 aromatic rings. The summed E-state index contributed by atoms with van der Waals surface area (Å²) in [6.45, 7) is 1.01. The van der Waals surface area contributed by atoms with Crippen LogP contribution in [0.4, 0.5) is 0 Å². The van der Waals surface area contributed by atoms with E-state index in [9.17, 15) is 0 Å². The van der Waals surface area contributed by atoms with Crippen molar-refractivity contribution in [3.63, 3.8) is 0 Å². The van der Waals surface area contributed by atoms with Gasteiger partial charge in [0.05, 0.1) is 0 Å². The van der Waals surface area contributed by atoms with Gasteiger partial charge in [0.2, 0.25) is 0 Å². The summed E-state index contributed by atoms with van der Waals surface area (Å²) in [5.41, 5.74) is 6.24. The van der Waals surface area contributed by atoms with Crippen molar-refractivity contribution >= 4 is 33.2 Å². The number of hydrogen-bond donors (Lipinski definition) is 0. The van der Waals surface area contributed by atoms with Gasteiger partial charge in [0, 0.05) is 38.9 Å². The predicted octanol–water partition coefficient (Wildman–Crippen LogP) is 6.22. The molecule has 0 amide bonds. The highest BCUT2D eigenvalue weighted by Gasteiger charge is 2.22. The highest BCUT2D eigenvalue weighted by atomic mass is 79.9. The lowest BCUT2D eigenvalue weighted by Gasteiger charge is -2.07. The zero-order valence-electron chi connectivity index (χ0n) is 14.1. The molecule has 2 aromatic heterocycles. The Morgan fingerprint density at radius 2 is 1.65 bits per heavy atom. The standard InChI is InChI=1S/C21H17BrClN3/c22-16-8-4-15(5-9-16)20-24-26-13-19(14-6-10-17(23)11-7-14)18-3-1-2-12-25(20)21(18)26/h4-11,13H,1-3,12H2. The minimum absolute atomic E-state index is 0.767. The van der Waals surface area contributed by atoms with Gasteiger partial charge in [-0.05, 0) is 49.1 Å². The molecule has 0 saturated carbocycles. The molecule has 26 heavy (non-hydrogen) atoms. The van der Waals surface area contributed by atoms with Gasteiger partial charge >= 0.3 is 0 Å². The summed E-state index contributed by atoms with van der Waals surface area (Å²) in [6.07, 6.45) is 5.62. The van der Waals surface area contributed by atoms with Crippen molar-refractivity contribution in [2.75, 3.05) is 0 Å². The molecule has 0 fully saturated rings. The van der Waals surface area contributed by atoms with Crippen molar-refractivity contribution < 1.29 is 0 Å². The van der Waals surface area contributed by atoms with Crippen LogP contribution in [0.1, 0.15) is 18.4 Å². The molecule has 5 rings (SSSR count). The number of nitrogens with zero attached hydrogens (tertiary/aromatic N) is 3. The number of halogens is 2. The van der Waals surface area contributed by atoms with Crippen molar-refractivity contribution in [2.45, 2.75) is 25.8 Å². The summed E-state index contributed by atoms with van der Waals surface area (Å²) in [4.78, 5) is 0. The maximum absolute atomic E-state index is 6.07. The highest BCUT2D eigenvalue weighted by molar-refractivity contribution is 9.10. The molecule has 130 valence electrons. The van der Waals surface area contributed by atoms with E-state index < -0.39 is 0 Å². The van der Waals surface area contributed by atoms with Crippen LogP contribution in [-0.4, -0.2) is 14.2 Å². The van der Waals surface area contributed by atoms with Crippen molar-refractivity contribution in [2.24, 2.45) is 0 Å². The summed E-state index contributed by atoms with van der Waals surface area (Å²) >= 11 is 9.58. The molecule has 2 aromatic carbocycles. The average molecular weight is 427 g/mol. The van der Waals surface area contributed by atoms with Crippen molar-refractivity contribution in [1.82, 2.24) is 14.2 Å². The first-order valence-electron chi connectivity index (χ1n) is 8.83. The van der Waals surface area contributed by atoms with E-state index in [-0.39, 0.29) is 0 Å². The van der Waals surface area contributed by atoms with Crippen LogP contribution in [-0.2, 0) is 13.0 Å². The van der Waals surface area contributed by atoms with Gasteiger partial charge in [-0.3, -0.25) is 0 Å². The van der Waals surface area contributed by atoms with E-state index in [0.717, 1.165) is 33.8 Å². The fourth-order valence-electron chi connectivity index (χ4n) is 3.86. The van der Waals surface area contributed by atoms with Crippen molar-refractivity contribution in [3.05, 3.63) is 69.8 Å². The molecule has 0 unspecified atom stereocenters. The fraction of sp³-hybridized carbons (Fsp3) is 0.190. The predicted molar refractivity (Wildman–Crippen MR) is 110 cm³/mol. The van der Waals surface area contributed by atoms with Gasteiger partial charge in [-0.25, -0.2) is 4.52 Å². The Hall–Kier alpha value is -2.04. The van der Waals surface area contributed by atoms with Crippen LogP contribution in [0.2, 0.25) is 5.02 Å². The van der Waals surface area contributed by atoms with Crippen LogP contribution < -0.4 is 0 Å². The van der Waals surface area contributed by atoms with E-state index in [2.05, 4.69) is 67.6 Å². The van der Waals surface area contributed by atoms with Crippen LogP contribution >= 0.6 is 27.5 Å². The van der Waals surface area contributed by atoms with Crippen molar-refractivity contribution in [3.8, 4) is 22.5 Å². The minimum Gasteiger partial charge on any atom is -0.309 e. The Kier molecular flexibility index (Phi) is 3.91. The monoisotopic (exact) mass is 425 g/mol. The van der Waals surface area contributed by atoms with Crippen LogP contribution in [0.25, 0.3) is 28.2 Å². The molecule has 3 nitrogen and oxygen atoms in total. The summed E-state index contributed by atoms with van der Waals surface area (Å²) in [6, 6.07) is 16.5. The van der Waals surface area contributed by atoms with Crippen LogP contribution in [0.5, 0.6) is 0 Å². The highest BCUT2D eigenvalue weighted by Crippen LogP contribution is 2.35. The van der Waals surface area contributed by atoms with E-state index in [4.69, 9.17) is 16.7 Å². The van der Waals surface area contributed by atoms with Gasteiger partial charge in [0.15, 0.2) is 5.82 Å². The minimum atomic E-state index is 0.767. The normalized spacial score (nSPS) is 13.9. The topological polar surface area (TPSA) is 22.2 Å². The maximum atomic E-state index is 6.07. The second kappa shape index (κ2) is 6.29. The molecule has 0 radical (unpaired) electrons. The second-order valence-electron chi connectivity index (χ2n) is 6.74. The Balaban J connectivity index is 1.72. The summed E-state index contributed by atoms with van der Waals surface area (Å²) in [5, 5.41) is 5.70. The lowest BCUT2D eigenvalue weighted by Crippen LogP contribution is -1.99. The van der Waals surface area contributed by atoms with Crippen LogP contribution in [0.3, 0.4) is 0 Å². The molecule has 0 N–H and O–H groups in total. The van der Waals surface area contributed by atoms with Gasteiger partial charge in [-0.15, -0.1) is 5.10 Å². The Morgan fingerprint density at radius 3 is 2.42 bits per heavy atom. The van der Waals surface area contributed by atoms with E-state index in [1.54, 1.807) is 0 Å². The average Bonchev–Trinajstić information content (AvgIpc) is 3.07. The number of rotatable bonds is 2. The molecule has 5 heteroatoms. The third kappa shape index (κ3) is 2.60. The van der Waals surface area contributed by atoms with E-state index in [0.29, 0.717) is 0 Å². The lowest BCUT2D eigenvalue weighted by molar-refractivity contribution is 0.645. The molecule has 1 aliphatic rings. The quantitative estimate of drug-likeness (QED) is 0.373. The number of aromatic nitrogens is 3. The van der Waals surface area contributed by atoms with E-state index in [1.165, 1.54) is 35.2 Å². The molecular weight excluding hydrogens is 410 g/mol. The van der Waals surface area contributed by atoms with Gasteiger partial charge in [-0.1, -0.05) is 51.8 Å². The first-order valence-corrected chi connectivity index (χ1v) is 10.0.